The van der Waals surface area contributed by atoms with Crippen molar-refractivity contribution in [2.75, 3.05) is 5.73 Å². The number of carbonyl (C=O) groups is 1. The second-order valence-corrected chi connectivity index (χ2v) is 4.57. The van der Waals surface area contributed by atoms with Crippen LogP contribution in [0, 0.1) is 10.1 Å². The van der Waals surface area contributed by atoms with E-state index in [1.807, 2.05) is 20.8 Å². The third-order valence-corrected chi connectivity index (χ3v) is 2.68. The van der Waals surface area contributed by atoms with Gasteiger partial charge in [0.1, 0.15) is 17.6 Å². The van der Waals surface area contributed by atoms with Crippen molar-refractivity contribution in [3.05, 3.63) is 27.9 Å². The predicted octanol–water partition coefficient (Wildman–Crippen LogP) is 1.49. The molecule has 0 atom stereocenters. The molecular weight excluding hydrogens is 236 g/mol. The Morgan fingerprint density at radius 1 is 1.61 bits per heavy atom. The summed E-state index contributed by atoms with van der Waals surface area (Å²) in [5, 5.41) is 13.5. The topological polar surface area (TPSA) is 111 Å². The Morgan fingerprint density at radius 3 is 2.72 bits per heavy atom. The number of hydrogen-bond donors (Lipinski definition) is 2. The molecule has 1 heterocycles. The maximum atomic E-state index is 12.0. The number of amides is 1. The predicted molar refractivity (Wildman–Crippen MR) is 67.1 cm³/mol. The molecule has 7 nitrogen and oxygen atoms in total. The molecule has 7 heteroatoms. The van der Waals surface area contributed by atoms with Gasteiger partial charge in [-0.05, 0) is 26.3 Å². The molecule has 0 aliphatic carbocycles. The average Bonchev–Trinajstić information content (AvgIpc) is 2.28. The zero-order chi connectivity index (χ0) is 13.9. The largest absolute Gasteiger partial charge is 0.384 e. The summed E-state index contributed by atoms with van der Waals surface area (Å²) in [7, 11) is 0. The molecule has 0 unspecified atom stereocenters. The Bertz CT molecular complexity index is 485. The van der Waals surface area contributed by atoms with Gasteiger partial charge in [-0.1, -0.05) is 6.92 Å². The number of aromatic nitrogens is 1. The van der Waals surface area contributed by atoms with Crippen molar-refractivity contribution >= 4 is 17.4 Å². The standard InChI is InChI=1S/C11H16N4O3/c1-4-11(2,3)14-10(16)7-5-9(12)13-6-8(7)15(17)18/h5-6H,4H2,1-3H3,(H2,12,13)(H,14,16). The van der Waals surface area contributed by atoms with Crippen LogP contribution in [-0.2, 0) is 0 Å². The van der Waals surface area contributed by atoms with Crippen molar-refractivity contribution in [2.24, 2.45) is 0 Å². The first kappa shape index (κ1) is 13.9. The van der Waals surface area contributed by atoms with Crippen molar-refractivity contribution in [1.82, 2.24) is 10.3 Å². The summed E-state index contributed by atoms with van der Waals surface area (Å²) in [6.45, 7) is 5.58. The number of nitro groups is 1. The minimum atomic E-state index is -0.652. The van der Waals surface area contributed by atoms with E-state index in [1.54, 1.807) is 0 Å². The van der Waals surface area contributed by atoms with E-state index in [4.69, 9.17) is 5.73 Å². The smallest absolute Gasteiger partial charge is 0.300 e. The monoisotopic (exact) mass is 252 g/mol. The van der Waals surface area contributed by atoms with Gasteiger partial charge >= 0.3 is 0 Å². The average molecular weight is 252 g/mol. The molecule has 0 aliphatic heterocycles. The number of nitrogens with two attached hydrogens (primary N) is 1. The fraction of sp³-hybridized carbons (Fsp3) is 0.455. The van der Waals surface area contributed by atoms with Crippen molar-refractivity contribution in [1.29, 1.82) is 0 Å². The maximum Gasteiger partial charge on any atom is 0.300 e. The molecule has 0 radical (unpaired) electrons. The lowest BCUT2D eigenvalue weighted by Crippen LogP contribution is -2.43. The zero-order valence-electron chi connectivity index (χ0n) is 10.6. The zero-order valence-corrected chi connectivity index (χ0v) is 10.6. The number of pyridine rings is 1. The first-order valence-electron chi connectivity index (χ1n) is 5.49. The van der Waals surface area contributed by atoms with Gasteiger partial charge in [-0.2, -0.15) is 0 Å². The second-order valence-electron chi connectivity index (χ2n) is 4.57. The van der Waals surface area contributed by atoms with Crippen LogP contribution in [0.1, 0.15) is 37.6 Å². The lowest BCUT2D eigenvalue weighted by atomic mass is 10.0. The van der Waals surface area contributed by atoms with Gasteiger partial charge in [-0.25, -0.2) is 4.98 Å². The number of nitrogens with one attached hydrogen (secondary N) is 1. The Morgan fingerprint density at radius 2 is 2.22 bits per heavy atom. The minimum absolute atomic E-state index is 0.0695. The minimum Gasteiger partial charge on any atom is -0.384 e. The van der Waals surface area contributed by atoms with Crippen LogP contribution in [0.25, 0.3) is 0 Å². The summed E-state index contributed by atoms with van der Waals surface area (Å²) in [5.74, 6) is -0.456. The molecule has 0 fully saturated rings. The van der Waals surface area contributed by atoms with E-state index in [9.17, 15) is 14.9 Å². The van der Waals surface area contributed by atoms with Gasteiger partial charge < -0.3 is 11.1 Å². The fourth-order valence-electron chi connectivity index (χ4n) is 1.25. The van der Waals surface area contributed by atoms with Gasteiger partial charge in [0.05, 0.1) is 4.92 Å². The molecule has 0 aromatic carbocycles. The van der Waals surface area contributed by atoms with Crippen molar-refractivity contribution in [3.8, 4) is 0 Å². The first-order valence-corrected chi connectivity index (χ1v) is 5.49. The third kappa shape index (κ3) is 3.16. The summed E-state index contributed by atoms with van der Waals surface area (Å²) in [5.41, 5.74) is 4.58. The molecule has 1 amide bonds. The molecule has 0 aliphatic rings. The summed E-state index contributed by atoms with van der Waals surface area (Å²) in [6, 6.07) is 1.21. The summed E-state index contributed by atoms with van der Waals surface area (Å²) in [6.07, 6.45) is 1.69. The number of hydrogen-bond acceptors (Lipinski definition) is 5. The number of rotatable bonds is 4. The van der Waals surface area contributed by atoms with E-state index in [0.717, 1.165) is 6.20 Å². The molecule has 3 N–H and O–H groups in total. The summed E-state index contributed by atoms with van der Waals surface area (Å²) >= 11 is 0. The first-order chi connectivity index (χ1) is 8.26. The highest BCUT2D eigenvalue weighted by Crippen LogP contribution is 2.20. The Balaban J connectivity index is 3.12. The number of anilines is 1. The van der Waals surface area contributed by atoms with Gasteiger partial charge in [-0.3, -0.25) is 14.9 Å². The van der Waals surface area contributed by atoms with Crippen LogP contribution >= 0.6 is 0 Å². The van der Waals surface area contributed by atoms with E-state index >= 15 is 0 Å². The highest BCUT2D eigenvalue weighted by molar-refractivity contribution is 5.99. The van der Waals surface area contributed by atoms with Gasteiger partial charge in [0.25, 0.3) is 11.6 Å². The van der Waals surface area contributed by atoms with Crippen LogP contribution in [0.2, 0.25) is 0 Å². The van der Waals surface area contributed by atoms with Crippen LogP contribution in [0.4, 0.5) is 11.5 Å². The lowest BCUT2D eigenvalue weighted by molar-refractivity contribution is -0.385. The molecule has 1 rings (SSSR count). The van der Waals surface area contributed by atoms with E-state index in [1.165, 1.54) is 6.07 Å². The highest BCUT2D eigenvalue weighted by Gasteiger charge is 2.25. The van der Waals surface area contributed by atoms with Crippen molar-refractivity contribution in [3.63, 3.8) is 0 Å². The molecule has 1 aromatic heterocycles. The van der Waals surface area contributed by atoms with Gasteiger partial charge in [0, 0.05) is 5.54 Å². The van der Waals surface area contributed by atoms with Gasteiger partial charge in [0.2, 0.25) is 0 Å². The van der Waals surface area contributed by atoms with Crippen LogP contribution < -0.4 is 11.1 Å². The maximum absolute atomic E-state index is 12.0. The second kappa shape index (κ2) is 4.99. The molecule has 0 bridgehead atoms. The van der Waals surface area contributed by atoms with Gasteiger partial charge in [0.15, 0.2) is 0 Å². The number of nitrogens with zero attached hydrogens (tertiary/aromatic N) is 2. The molecule has 0 saturated carbocycles. The molecular formula is C11H16N4O3. The Labute approximate surface area is 105 Å². The van der Waals surface area contributed by atoms with Crippen molar-refractivity contribution in [2.45, 2.75) is 32.7 Å². The Kier molecular flexibility index (Phi) is 3.85. The molecule has 1 aromatic rings. The van der Waals surface area contributed by atoms with Crippen LogP contribution in [0.3, 0.4) is 0 Å². The number of nitrogen functional groups attached to an aromatic ring is 1. The highest BCUT2D eigenvalue weighted by atomic mass is 16.6. The SMILES string of the molecule is CCC(C)(C)NC(=O)c1cc(N)ncc1[N+](=O)[O-]. The van der Waals surface area contributed by atoms with Crippen LogP contribution in [0.15, 0.2) is 12.3 Å². The molecule has 0 spiro atoms. The van der Waals surface area contributed by atoms with E-state index in [0.29, 0.717) is 6.42 Å². The van der Waals surface area contributed by atoms with Crippen LogP contribution in [-0.4, -0.2) is 21.4 Å². The Hall–Kier alpha value is -2.18. The lowest BCUT2D eigenvalue weighted by Gasteiger charge is -2.24. The molecule has 18 heavy (non-hydrogen) atoms. The quantitative estimate of drug-likeness (QED) is 0.622. The molecule has 98 valence electrons. The van der Waals surface area contributed by atoms with E-state index < -0.39 is 16.4 Å². The molecule has 0 saturated heterocycles. The normalized spacial score (nSPS) is 11.1. The van der Waals surface area contributed by atoms with Crippen LogP contribution in [0.5, 0.6) is 0 Å². The van der Waals surface area contributed by atoms with Gasteiger partial charge in [-0.15, -0.1) is 0 Å². The van der Waals surface area contributed by atoms with Crippen molar-refractivity contribution < 1.29 is 9.72 Å². The van der Waals surface area contributed by atoms with E-state index in [-0.39, 0.29) is 17.1 Å². The van der Waals surface area contributed by atoms with E-state index in [2.05, 4.69) is 10.3 Å². The number of carbonyl (C=O) groups excluding carboxylic acids is 1. The summed E-state index contributed by atoms with van der Waals surface area (Å²) in [4.78, 5) is 25.8. The summed E-state index contributed by atoms with van der Waals surface area (Å²) < 4.78 is 0. The fourth-order valence-corrected chi connectivity index (χ4v) is 1.25. The third-order valence-electron chi connectivity index (χ3n) is 2.68.